The third-order valence-electron chi connectivity index (χ3n) is 3.64. The second-order valence-electron chi connectivity index (χ2n) is 5.84. The third kappa shape index (κ3) is 5.23. The highest BCUT2D eigenvalue weighted by Crippen LogP contribution is 2.29. The molecule has 1 heterocycles. The maximum absolute atomic E-state index is 12.6. The minimum Gasteiger partial charge on any atom is -0.467 e. The molecule has 1 atom stereocenters. The summed E-state index contributed by atoms with van der Waals surface area (Å²) in [6.07, 6.45) is 3.00. The molecule has 1 amide bonds. The Labute approximate surface area is 162 Å². The van der Waals surface area contributed by atoms with Gasteiger partial charge in [-0.15, -0.1) is 0 Å². The second kappa shape index (κ2) is 8.90. The number of halogens is 2. The minimum absolute atomic E-state index is 0.0196. The zero-order chi connectivity index (χ0) is 19.3. The molecule has 2 N–H and O–H groups in total. The number of furan rings is 1. The van der Waals surface area contributed by atoms with E-state index in [1.54, 1.807) is 19.1 Å². The molecule has 0 saturated carbocycles. The molecule has 0 radical (unpaired) electrons. The summed E-state index contributed by atoms with van der Waals surface area (Å²) in [5.41, 5.74) is 0.0196. The Morgan fingerprint density at radius 2 is 2.00 bits per heavy atom. The molecule has 1 aromatic carbocycles. The van der Waals surface area contributed by atoms with Gasteiger partial charge in [-0.05, 0) is 37.6 Å². The summed E-state index contributed by atoms with van der Waals surface area (Å²) < 4.78 is 32.9. The van der Waals surface area contributed by atoms with Gasteiger partial charge >= 0.3 is 0 Å². The number of benzene rings is 1. The van der Waals surface area contributed by atoms with E-state index in [4.69, 9.17) is 27.6 Å². The van der Waals surface area contributed by atoms with Crippen molar-refractivity contribution in [3.63, 3.8) is 0 Å². The van der Waals surface area contributed by atoms with Crippen LogP contribution < -0.4 is 10.0 Å². The van der Waals surface area contributed by atoms with E-state index in [0.29, 0.717) is 12.2 Å². The summed E-state index contributed by atoms with van der Waals surface area (Å²) in [5, 5.41) is 2.64. The van der Waals surface area contributed by atoms with Gasteiger partial charge < -0.3 is 9.73 Å². The smallest absolute Gasteiger partial charge is 0.253 e. The van der Waals surface area contributed by atoms with Gasteiger partial charge in [-0.3, -0.25) is 4.79 Å². The first-order chi connectivity index (χ1) is 12.2. The highest BCUT2D eigenvalue weighted by atomic mass is 35.5. The molecule has 1 unspecified atom stereocenters. The van der Waals surface area contributed by atoms with Crippen LogP contribution in [-0.4, -0.2) is 20.4 Å². The highest BCUT2D eigenvalue weighted by Gasteiger charge is 2.24. The molecule has 1 aromatic heterocycles. The van der Waals surface area contributed by atoms with E-state index >= 15 is 0 Å². The number of hydrogen-bond donors (Lipinski definition) is 2. The summed E-state index contributed by atoms with van der Waals surface area (Å²) in [5.74, 6) is 0.0347. The zero-order valence-electron chi connectivity index (χ0n) is 14.4. The SMILES string of the molecule is CCCC(C)NS(=O)(=O)c1cc(C(=O)NCc2ccco2)c(Cl)cc1Cl. The Kier molecular flexibility index (Phi) is 7.11. The van der Waals surface area contributed by atoms with Crippen molar-refractivity contribution in [1.29, 1.82) is 0 Å². The average molecular weight is 419 g/mol. The second-order valence-corrected chi connectivity index (χ2v) is 8.33. The van der Waals surface area contributed by atoms with Crippen molar-refractivity contribution in [3.8, 4) is 0 Å². The Morgan fingerprint density at radius 1 is 1.27 bits per heavy atom. The molecule has 0 aliphatic rings. The average Bonchev–Trinajstić information content (AvgIpc) is 3.05. The molecule has 0 aliphatic heterocycles. The number of carbonyl (C=O) groups excluding carboxylic acids is 1. The van der Waals surface area contributed by atoms with Gasteiger partial charge in [0.05, 0.1) is 28.4 Å². The van der Waals surface area contributed by atoms with Crippen molar-refractivity contribution in [1.82, 2.24) is 10.0 Å². The number of amides is 1. The standard InChI is InChI=1S/C17H20Cl2N2O4S/c1-3-5-11(2)21-26(23,24)16-8-13(14(18)9-15(16)19)17(22)20-10-12-6-4-7-25-12/h4,6-9,11,21H,3,5,10H2,1-2H3,(H,20,22). The fraction of sp³-hybridized carbons (Fsp3) is 0.353. The Hall–Kier alpha value is -1.54. The van der Waals surface area contributed by atoms with Crippen LogP contribution in [0.2, 0.25) is 10.0 Å². The van der Waals surface area contributed by atoms with E-state index in [0.717, 1.165) is 6.42 Å². The van der Waals surface area contributed by atoms with Crippen LogP contribution in [0.4, 0.5) is 0 Å². The van der Waals surface area contributed by atoms with Crippen LogP contribution in [0, 0.1) is 0 Å². The van der Waals surface area contributed by atoms with Crippen LogP contribution in [0.5, 0.6) is 0 Å². The molecule has 0 fully saturated rings. The van der Waals surface area contributed by atoms with Gasteiger partial charge in [0.1, 0.15) is 10.7 Å². The lowest BCUT2D eigenvalue weighted by Gasteiger charge is -2.15. The Morgan fingerprint density at radius 3 is 2.62 bits per heavy atom. The van der Waals surface area contributed by atoms with Crippen molar-refractivity contribution >= 4 is 39.1 Å². The predicted molar refractivity (Wildman–Crippen MR) is 101 cm³/mol. The van der Waals surface area contributed by atoms with Crippen molar-refractivity contribution in [2.45, 2.75) is 44.2 Å². The molecule has 0 spiro atoms. The van der Waals surface area contributed by atoms with E-state index in [1.165, 1.54) is 18.4 Å². The number of rotatable bonds is 8. The van der Waals surface area contributed by atoms with Gasteiger partial charge in [-0.2, -0.15) is 0 Å². The molecule has 2 aromatic rings. The molecule has 0 aliphatic carbocycles. The fourth-order valence-electron chi connectivity index (χ4n) is 2.41. The van der Waals surface area contributed by atoms with E-state index in [-0.39, 0.29) is 33.1 Å². The van der Waals surface area contributed by atoms with Crippen molar-refractivity contribution in [2.24, 2.45) is 0 Å². The topological polar surface area (TPSA) is 88.4 Å². The van der Waals surface area contributed by atoms with Crippen molar-refractivity contribution in [3.05, 3.63) is 51.9 Å². The molecule has 9 heteroatoms. The van der Waals surface area contributed by atoms with Gasteiger partial charge in [0, 0.05) is 6.04 Å². The summed E-state index contributed by atoms with van der Waals surface area (Å²) in [7, 11) is -3.88. The summed E-state index contributed by atoms with van der Waals surface area (Å²) in [6.45, 7) is 3.88. The van der Waals surface area contributed by atoms with Gasteiger partial charge in [-0.1, -0.05) is 36.5 Å². The molecular weight excluding hydrogens is 399 g/mol. The number of hydrogen-bond acceptors (Lipinski definition) is 4. The lowest BCUT2D eigenvalue weighted by atomic mass is 10.2. The first-order valence-corrected chi connectivity index (χ1v) is 10.3. The maximum Gasteiger partial charge on any atom is 0.253 e. The minimum atomic E-state index is -3.88. The summed E-state index contributed by atoms with van der Waals surface area (Å²) in [6, 6.07) is 5.59. The fourth-order valence-corrected chi connectivity index (χ4v) is 4.54. The van der Waals surface area contributed by atoms with Gasteiger partial charge in [0.25, 0.3) is 5.91 Å². The maximum atomic E-state index is 12.6. The first kappa shape index (κ1) is 20.8. The highest BCUT2D eigenvalue weighted by molar-refractivity contribution is 7.89. The summed E-state index contributed by atoms with van der Waals surface area (Å²) in [4.78, 5) is 12.2. The van der Waals surface area contributed by atoms with Crippen LogP contribution in [0.1, 0.15) is 42.8 Å². The first-order valence-electron chi connectivity index (χ1n) is 8.06. The molecule has 6 nitrogen and oxygen atoms in total. The van der Waals surface area contributed by atoms with Crippen molar-refractivity contribution < 1.29 is 17.6 Å². The predicted octanol–water partition coefficient (Wildman–Crippen LogP) is 3.98. The van der Waals surface area contributed by atoms with E-state index in [2.05, 4.69) is 10.0 Å². The Balaban J connectivity index is 2.26. The number of nitrogens with one attached hydrogen (secondary N) is 2. The summed E-state index contributed by atoms with van der Waals surface area (Å²) >= 11 is 12.1. The van der Waals surface area contributed by atoms with Gasteiger partial charge in [0.15, 0.2) is 0 Å². The molecule has 2 rings (SSSR count). The third-order valence-corrected chi connectivity index (χ3v) is 6.00. The number of sulfonamides is 1. The van der Waals surface area contributed by atoms with E-state index in [9.17, 15) is 13.2 Å². The lowest BCUT2D eigenvalue weighted by Crippen LogP contribution is -2.33. The molecule has 26 heavy (non-hydrogen) atoms. The molecule has 0 saturated heterocycles. The van der Waals surface area contributed by atoms with Crippen LogP contribution in [0.25, 0.3) is 0 Å². The molecule has 0 bridgehead atoms. The normalized spacial score (nSPS) is 12.8. The van der Waals surface area contributed by atoms with E-state index in [1.807, 2.05) is 6.92 Å². The zero-order valence-corrected chi connectivity index (χ0v) is 16.7. The monoisotopic (exact) mass is 418 g/mol. The van der Waals surface area contributed by atoms with E-state index < -0.39 is 15.9 Å². The quantitative estimate of drug-likeness (QED) is 0.678. The molecular formula is C17H20Cl2N2O4S. The molecule has 142 valence electrons. The van der Waals surface area contributed by atoms with Crippen LogP contribution >= 0.6 is 23.2 Å². The van der Waals surface area contributed by atoms with Crippen LogP contribution in [-0.2, 0) is 16.6 Å². The Bertz CT molecular complexity index is 867. The lowest BCUT2D eigenvalue weighted by molar-refractivity contribution is 0.0948. The van der Waals surface area contributed by atoms with Crippen molar-refractivity contribution in [2.75, 3.05) is 0 Å². The van der Waals surface area contributed by atoms with Crippen LogP contribution in [0.15, 0.2) is 39.8 Å². The number of carbonyl (C=O) groups is 1. The van der Waals surface area contributed by atoms with Gasteiger partial charge in [-0.25, -0.2) is 13.1 Å². The van der Waals surface area contributed by atoms with Gasteiger partial charge in [0.2, 0.25) is 10.0 Å². The van der Waals surface area contributed by atoms with Crippen LogP contribution in [0.3, 0.4) is 0 Å². The largest absolute Gasteiger partial charge is 0.467 e.